The molecule has 0 amide bonds. The Labute approximate surface area is 214 Å². The fourth-order valence-corrected chi connectivity index (χ4v) is 4.91. The zero-order valence-electron chi connectivity index (χ0n) is 18.4. The van der Waals surface area contributed by atoms with Gasteiger partial charge in [-0.15, -0.1) is 0 Å². The van der Waals surface area contributed by atoms with Crippen LogP contribution < -0.4 is 10.3 Å². The largest absolute Gasteiger partial charge is 0.391 e. The number of aliphatic hydroxyl groups excluding tert-OH is 1. The monoisotopic (exact) mass is 575 g/mol. The Morgan fingerprint density at radius 1 is 1.11 bits per heavy atom. The van der Waals surface area contributed by atoms with E-state index in [1.807, 2.05) is 42.5 Å². The summed E-state index contributed by atoms with van der Waals surface area (Å²) in [5.74, 6) is 1.47. The van der Waals surface area contributed by atoms with Crippen molar-refractivity contribution in [2.24, 2.45) is 15.0 Å². The van der Waals surface area contributed by atoms with Crippen molar-refractivity contribution in [3.05, 3.63) is 81.8 Å². The second kappa shape index (κ2) is 8.78. The van der Waals surface area contributed by atoms with Gasteiger partial charge in [-0.05, 0) is 56.7 Å². The number of pyridine rings is 1. The number of aliphatic hydroxyl groups is 1. The van der Waals surface area contributed by atoms with Gasteiger partial charge in [0.25, 0.3) is 17.7 Å². The van der Waals surface area contributed by atoms with E-state index in [1.54, 1.807) is 18.7 Å². The van der Waals surface area contributed by atoms with Gasteiger partial charge in [-0.1, -0.05) is 36.4 Å². The lowest BCUT2D eigenvalue weighted by molar-refractivity contribution is -0.503. The van der Waals surface area contributed by atoms with Gasteiger partial charge in [0.05, 0.1) is 18.4 Å². The summed E-state index contributed by atoms with van der Waals surface area (Å²) >= 11 is 2.28. The van der Waals surface area contributed by atoms with Crippen molar-refractivity contribution >= 4 is 57.2 Å². The molecule has 0 saturated heterocycles. The summed E-state index contributed by atoms with van der Waals surface area (Å²) in [7, 11) is 0. The lowest BCUT2D eigenvalue weighted by atomic mass is 9.96. The molecule has 0 aliphatic carbocycles. The predicted octanol–water partition coefficient (Wildman–Crippen LogP) is 1.43. The highest BCUT2D eigenvalue weighted by Gasteiger charge is 2.53. The second-order valence-corrected chi connectivity index (χ2v) is 9.45. The first-order chi connectivity index (χ1) is 17.2. The lowest BCUT2D eigenvalue weighted by Crippen LogP contribution is -2.91. The number of fused-ring (bicyclic) bond motifs is 2. The van der Waals surface area contributed by atoms with Crippen molar-refractivity contribution in [3.63, 3.8) is 0 Å². The van der Waals surface area contributed by atoms with Crippen LogP contribution in [0.4, 0.5) is 0 Å². The zero-order chi connectivity index (χ0) is 23.8. The fraction of sp³-hybridized carbons (Fsp3) is 0.120. The van der Waals surface area contributed by atoms with E-state index in [9.17, 15) is 5.11 Å². The molecule has 10 heteroatoms. The molecule has 172 valence electrons. The molecule has 2 aromatic carbocycles. The minimum atomic E-state index is -1.02. The summed E-state index contributed by atoms with van der Waals surface area (Å²) in [4.78, 5) is 21.9. The van der Waals surface area contributed by atoms with Gasteiger partial charge < -0.3 is 10.4 Å². The molecule has 1 atom stereocenters. The highest BCUT2D eigenvalue weighted by atomic mass is 127. The summed E-state index contributed by atoms with van der Waals surface area (Å²) in [6, 6.07) is 18.2. The van der Waals surface area contributed by atoms with E-state index in [4.69, 9.17) is 9.98 Å². The first-order valence-electron chi connectivity index (χ1n) is 11.0. The number of nitrogens with zero attached hydrogens (tertiary/aromatic N) is 5. The van der Waals surface area contributed by atoms with E-state index >= 15 is 0 Å². The molecule has 0 spiro atoms. The number of aromatic amines is 1. The molecule has 4 heterocycles. The van der Waals surface area contributed by atoms with E-state index < -0.39 is 5.54 Å². The van der Waals surface area contributed by atoms with Crippen LogP contribution in [0.5, 0.6) is 0 Å². The third-order valence-corrected chi connectivity index (χ3v) is 6.76. The maximum absolute atomic E-state index is 10.3. The SMILES string of the molecule is OC[C@]12[NH+]=CN=C1NC(c1[nH]ncc1-c1nccc3ccccc13)=NC2=NCc1cccc(I)c1. The molecule has 0 unspecified atom stereocenters. The number of halogens is 1. The first-order valence-corrected chi connectivity index (χ1v) is 12.1. The second-order valence-electron chi connectivity index (χ2n) is 8.21. The van der Waals surface area contributed by atoms with E-state index in [0.717, 1.165) is 31.2 Å². The molecule has 4 aromatic rings. The molecule has 0 bridgehead atoms. The van der Waals surface area contributed by atoms with Gasteiger partial charge in [0.15, 0.2) is 11.7 Å². The number of hydrogen-bond acceptors (Lipinski definition) is 6. The van der Waals surface area contributed by atoms with Gasteiger partial charge >= 0.3 is 0 Å². The normalized spacial score (nSPS) is 20.0. The molecular weight excluding hydrogens is 555 g/mol. The highest BCUT2D eigenvalue weighted by molar-refractivity contribution is 14.1. The summed E-state index contributed by atoms with van der Waals surface area (Å²) in [6.45, 7) is 0.165. The smallest absolute Gasteiger partial charge is 0.283 e. The van der Waals surface area contributed by atoms with E-state index in [1.165, 1.54) is 0 Å². The number of aliphatic imine (C=N–C) groups is 3. The highest BCUT2D eigenvalue weighted by Crippen LogP contribution is 2.29. The lowest BCUT2D eigenvalue weighted by Gasteiger charge is -2.26. The Kier molecular flexibility index (Phi) is 5.46. The topological polar surface area (TPSA) is 125 Å². The number of rotatable bonds is 5. The molecule has 0 fully saturated rings. The summed E-state index contributed by atoms with van der Waals surface area (Å²) in [5.41, 5.74) is 2.29. The third-order valence-electron chi connectivity index (χ3n) is 6.09. The predicted molar refractivity (Wildman–Crippen MR) is 144 cm³/mol. The zero-order valence-corrected chi connectivity index (χ0v) is 20.6. The van der Waals surface area contributed by atoms with E-state index in [-0.39, 0.29) is 6.61 Å². The molecule has 9 nitrogen and oxygen atoms in total. The first kappa shape index (κ1) is 21.7. The molecule has 0 radical (unpaired) electrons. The molecular formula is C25H20IN8O+. The minimum absolute atomic E-state index is 0.252. The van der Waals surface area contributed by atoms with E-state index in [2.05, 4.69) is 65.2 Å². The molecule has 6 rings (SSSR count). The maximum Gasteiger partial charge on any atom is 0.283 e. The van der Waals surface area contributed by atoms with Crippen LogP contribution in [0, 0.1) is 3.57 Å². The Morgan fingerprint density at radius 2 is 2.03 bits per heavy atom. The molecule has 2 aliphatic rings. The molecule has 0 saturated carbocycles. The number of H-pyrrole nitrogens is 1. The number of aromatic nitrogens is 3. The summed E-state index contributed by atoms with van der Waals surface area (Å²) < 4.78 is 1.13. The summed E-state index contributed by atoms with van der Waals surface area (Å²) in [5, 5.41) is 23.1. The molecule has 2 aliphatic heterocycles. The number of nitrogens with one attached hydrogen (secondary N) is 3. The van der Waals surface area contributed by atoms with Crippen molar-refractivity contribution in [1.29, 1.82) is 0 Å². The van der Waals surface area contributed by atoms with Crippen LogP contribution in [0.1, 0.15) is 11.3 Å². The Hall–Kier alpha value is -3.77. The average molecular weight is 575 g/mol. The van der Waals surface area contributed by atoms with Crippen LogP contribution in [0.3, 0.4) is 0 Å². The van der Waals surface area contributed by atoms with Crippen molar-refractivity contribution in [1.82, 2.24) is 20.5 Å². The van der Waals surface area contributed by atoms with Gasteiger partial charge in [-0.25, -0.2) is 4.99 Å². The Balaban J connectivity index is 1.46. The minimum Gasteiger partial charge on any atom is -0.391 e. The van der Waals surface area contributed by atoms with Gasteiger partial charge in [0.2, 0.25) is 0 Å². The van der Waals surface area contributed by atoms with Crippen molar-refractivity contribution in [3.8, 4) is 11.3 Å². The van der Waals surface area contributed by atoms with Crippen LogP contribution in [0.2, 0.25) is 0 Å². The fourth-order valence-electron chi connectivity index (χ4n) is 4.30. The van der Waals surface area contributed by atoms with Crippen LogP contribution in [0.15, 0.2) is 82.0 Å². The van der Waals surface area contributed by atoms with Crippen molar-refractivity contribution in [2.75, 3.05) is 6.61 Å². The van der Waals surface area contributed by atoms with Crippen molar-refractivity contribution in [2.45, 2.75) is 12.1 Å². The number of amidine groups is 3. The summed E-state index contributed by atoms with van der Waals surface area (Å²) in [6.07, 6.45) is 5.08. The van der Waals surface area contributed by atoms with Gasteiger partial charge in [0, 0.05) is 20.7 Å². The average Bonchev–Trinajstić information content (AvgIpc) is 3.54. The molecule has 4 N–H and O–H groups in total. The van der Waals surface area contributed by atoms with E-state index in [0.29, 0.717) is 29.7 Å². The number of hydrogen-bond donors (Lipinski definition) is 4. The Bertz CT molecular complexity index is 1570. The van der Waals surface area contributed by atoms with Gasteiger partial charge in [0.1, 0.15) is 12.3 Å². The molecule has 35 heavy (non-hydrogen) atoms. The maximum atomic E-state index is 10.3. The standard InChI is InChI=1S/C25H19IN8O/c26-17-6-3-4-15(10-17)11-28-23-25(13-35)24(29-14-30-25)33-22(32-23)21-19(12-31-34-21)20-18-7-2-1-5-16(18)8-9-27-20/h1-10,12,14,35H,11,13H2,(H,31,34)(H,28,29,30,32,33)/p+1/t25-/m1/s1. The molecule has 2 aromatic heterocycles. The van der Waals surface area contributed by atoms with Crippen LogP contribution >= 0.6 is 22.6 Å². The quantitative estimate of drug-likeness (QED) is 0.269. The Morgan fingerprint density at radius 3 is 2.91 bits per heavy atom. The van der Waals surface area contributed by atoms with Crippen molar-refractivity contribution < 1.29 is 10.1 Å². The van der Waals surface area contributed by atoms with Crippen LogP contribution in [-0.4, -0.2) is 56.3 Å². The van der Waals surface area contributed by atoms with Gasteiger partial charge in [-0.3, -0.25) is 20.1 Å². The van der Waals surface area contributed by atoms with Gasteiger partial charge in [-0.2, -0.15) is 5.10 Å². The van der Waals surface area contributed by atoms with Crippen LogP contribution in [0.25, 0.3) is 22.0 Å². The van der Waals surface area contributed by atoms with Crippen LogP contribution in [-0.2, 0) is 6.54 Å². The number of benzene rings is 2. The third kappa shape index (κ3) is 3.74.